The predicted molar refractivity (Wildman–Crippen MR) is 114 cm³/mol. The predicted octanol–water partition coefficient (Wildman–Crippen LogP) is 1.67. The third kappa shape index (κ3) is 5.91. The summed E-state index contributed by atoms with van der Waals surface area (Å²) in [5, 5.41) is 34.2. The van der Waals surface area contributed by atoms with Crippen LogP contribution < -0.4 is 16.2 Å². The molecule has 10 nitrogen and oxygen atoms in total. The summed E-state index contributed by atoms with van der Waals surface area (Å²) in [6.45, 7) is -1.69. The topological polar surface area (TPSA) is 158 Å². The van der Waals surface area contributed by atoms with Gasteiger partial charge in [-0.25, -0.2) is 0 Å². The number of amides is 2. The molecule has 1 aliphatic rings. The van der Waals surface area contributed by atoms with Gasteiger partial charge >= 0.3 is 12.1 Å². The number of carboxylic acids is 1. The number of aromatic hydroxyl groups is 2. The molecule has 1 aromatic heterocycles. The van der Waals surface area contributed by atoms with Crippen molar-refractivity contribution in [2.24, 2.45) is 5.92 Å². The lowest BCUT2D eigenvalue weighted by Gasteiger charge is -2.18. The maximum Gasteiger partial charge on any atom is 0.416 e. The highest BCUT2D eigenvalue weighted by atomic mass is 19.4. The lowest BCUT2D eigenvalue weighted by molar-refractivity contribution is -0.138. The van der Waals surface area contributed by atoms with Gasteiger partial charge in [0.05, 0.1) is 12.1 Å². The van der Waals surface area contributed by atoms with Crippen LogP contribution in [-0.4, -0.2) is 50.8 Å². The van der Waals surface area contributed by atoms with Gasteiger partial charge in [0.25, 0.3) is 17.4 Å². The lowest BCUT2D eigenvalue weighted by Crippen LogP contribution is -2.37. The highest BCUT2D eigenvalue weighted by Crippen LogP contribution is 2.34. The van der Waals surface area contributed by atoms with Gasteiger partial charge in [0.2, 0.25) is 5.88 Å². The van der Waals surface area contributed by atoms with E-state index in [1.54, 1.807) is 0 Å². The molecule has 13 heteroatoms. The molecule has 1 aliphatic carbocycles. The minimum atomic E-state index is -4.81. The Labute approximate surface area is 196 Å². The normalized spacial score (nSPS) is 13.3. The quantitative estimate of drug-likeness (QED) is 0.353. The van der Waals surface area contributed by atoms with E-state index in [1.807, 2.05) is 5.32 Å². The first-order chi connectivity index (χ1) is 16.4. The molecule has 35 heavy (non-hydrogen) atoms. The Balaban J connectivity index is 2.10. The van der Waals surface area contributed by atoms with Crippen LogP contribution in [0.3, 0.4) is 0 Å². The summed E-state index contributed by atoms with van der Waals surface area (Å²) in [5.74, 6) is -5.97. The van der Waals surface area contributed by atoms with Crippen LogP contribution >= 0.6 is 0 Å². The number of halogens is 3. The second kappa shape index (κ2) is 10.1. The summed E-state index contributed by atoms with van der Waals surface area (Å²) < 4.78 is 40.7. The molecule has 1 saturated carbocycles. The number of alkyl halides is 3. The molecule has 2 aromatic rings. The number of carboxylic acid groups (broad SMARTS) is 1. The summed E-state index contributed by atoms with van der Waals surface area (Å²) in [6.07, 6.45) is -2.24. The summed E-state index contributed by atoms with van der Waals surface area (Å²) >= 11 is 0. The van der Waals surface area contributed by atoms with Crippen molar-refractivity contribution in [3.8, 4) is 11.6 Å². The van der Waals surface area contributed by atoms with Gasteiger partial charge in [0.1, 0.15) is 17.7 Å². The lowest BCUT2D eigenvalue weighted by atomic mass is 10.1. The van der Waals surface area contributed by atoms with E-state index < -0.39 is 76.5 Å². The summed E-state index contributed by atoms with van der Waals surface area (Å²) in [5.41, 5.74) is -4.91. The Morgan fingerprint density at radius 1 is 1.03 bits per heavy atom. The molecule has 1 aromatic carbocycles. The summed E-state index contributed by atoms with van der Waals surface area (Å²) in [7, 11) is 0. The number of aliphatic carboxylic acids is 1. The zero-order chi connectivity index (χ0) is 25.9. The number of aromatic nitrogens is 1. The molecule has 5 N–H and O–H groups in total. The molecule has 0 saturated heterocycles. The zero-order valence-corrected chi connectivity index (χ0v) is 18.2. The number of carbonyl (C=O) groups is 3. The van der Waals surface area contributed by atoms with Crippen molar-refractivity contribution in [3.63, 3.8) is 0 Å². The van der Waals surface area contributed by atoms with E-state index in [0.717, 1.165) is 31.0 Å². The number of carbonyl (C=O) groups excluding carboxylic acids is 2. The van der Waals surface area contributed by atoms with E-state index in [0.29, 0.717) is 16.9 Å². The molecule has 2 amide bonds. The van der Waals surface area contributed by atoms with E-state index in [2.05, 4.69) is 5.32 Å². The van der Waals surface area contributed by atoms with Crippen molar-refractivity contribution in [3.05, 3.63) is 56.9 Å². The van der Waals surface area contributed by atoms with Crippen molar-refractivity contribution < 1.29 is 42.9 Å². The largest absolute Gasteiger partial charge is 0.506 e. The van der Waals surface area contributed by atoms with Crippen LogP contribution in [0, 0.1) is 5.92 Å². The van der Waals surface area contributed by atoms with Gasteiger partial charge in [-0.1, -0.05) is 31.0 Å². The van der Waals surface area contributed by atoms with Gasteiger partial charge < -0.3 is 26.0 Å². The second-order valence-corrected chi connectivity index (χ2v) is 8.03. The standard InChI is InChI=1S/C22H22F3N3O7/c23-22(24,25)13-4-2-1-3-12(13)10-28-20(34)15(18(32)26-8-7-11-5-6-11)17(31)16(21(28)35)19(33)27-9-14(29)30/h1-4,11,31,35H,5-10H2,(H,26,32)(H,27,33)(H,29,30). The Morgan fingerprint density at radius 2 is 1.66 bits per heavy atom. The number of pyridine rings is 1. The second-order valence-electron chi connectivity index (χ2n) is 8.03. The third-order valence-electron chi connectivity index (χ3n) is 5.45. The first-order valence-electron chi connectivity index (χ1n) is 10.5. The van der Waals surface area contributed by atoms with E-state index in [9.17, 15) is 42.6 Å². The Kier molecular flexibility index (Phi) is 7.37. The van der Waals surface area contributed by atoms with Gasteiger partial charge in [-0.3, -0.25) is 23.7 Å². The zero-order valence-electron chi connectivity index (χ0n) is 18.2. The van der Waals surface area contributed by atoms with Crippen LogP contribution in [0.2, 0.25) is 0 Å². The molecule has 0 atom stereocenters. The number of nitrogens with one attached hydrogen (secondary N) is 2. The fraction of sp³-hybridized carbons (Fsp3) is 0.364. The number of hydrogen-bond acceptors (Lipinski definition) is 6. The molecule has 0 spiro atoms. The number of rotatable bonds is 9. The van der Waals surface area contributed by atoms with E-state index in [4.69, 9.17) is 5.11 Å². The number of hydrogen-bond donors (Lipinski definition) is 5. The summed E-state index contributed by atoms with van der Waals surface area (Å²) in [6, 6.07) is 4.18. The van der Waals surface area contributed by atoms with Gasteiger partial charge in [-0.15, -0.1) is 0 Å². The van der Waals surface area contributed by atoms with Gasteiger partial charge in [0, 0.05) is 6.54 Å². The van der Waals surface area contributed by atoms with Crippen molar-refractivity contribution >= 4 is 17.8 Å². The highest BCUT2D eigenvalue weighted by Gasteiger charge is 2.35. The fourth-order valence-corrected chi connectivity index (χ4v) is 3.49. The molecular formula is C22H22F3N3O7. The highest BCUT2D eigenvalue weighted by molar-refractivity contribution is 6.05. The maximum atomic E-state index is 13.4. The first kappa shape index (κ1) is 25.6. The molecule has 0 bridgehead atoms. The van der Waals surface area contributed by atoms with Crippen LogP contribution in [0.4, 0.5) is 13.2 Å². The Morgan fingerprint density at radius 3 is 2.26 bits per heavy atom. The van der Waals surface area contributed by atoms with E-state index >= 15 is 0 Å². The van der Waals surface area contributed by atoms with Gasteiger partial charge in [0.15, 0.2) is 5.75 Å². The fourth-order valence-electron chi connectivity index (χ4n) is 3.49. The molecule has 3 rings (SSSR count). The van der Waals surface area contributed by atoms with E-state index in [-0.39, 0.29) is 6.54 Å². The van der Waals surface area contributed by atoms with Crippen LogP contribution in [0.25, 0.3) is 0 Å². The van der Waals surface area contributed by atoms with Crippen molar-refractivity contribution in [2.75, 3.05) is 13.1 Å². The minimum Gasteiger partial charge on any atom is -0.506 e. The number of nitrogens with zero attached hydrogens (tertiary/aromatic N) is 1. The monoisotopic (exact) mass is 497 g/mol. The van der Waals surface area contributed by atoms with Crippen molar-refractivity contribution in [1.82, 2.24) is 15.2 Å². The molecule has 188 valence electrons. The smallest absolute Gasteiger partial charge is 0.416 e. The SMILES string of the molecule is O=C(O)CNC(=O)c1c(O)c(C(=O)NCCC2CC2)c(=O)n(Cc2ccccc2C(F)(F)F)c1O. The summed E-state index contributed by atoms with van der Waals surface area (Å²) in [4.78, 5) is 49.0. The van der Waals surface area contributed by atoms with Crippen molar-refractivity contribution in [1.29, 1.82) is 0 Å². The molecule has 1 heterocycles. The molecule has 0 aliphatic heterocycles. The molecule has 0 radical (unpaired) electrons. The van der Waals surface area contributed by atoms with E-state index in [1.165, 1.54) is 6.07 Å². The Bertz CT molecular complexity index is 1220. The van der Waals surface area contributed by atoms with Crippen LogP contribution in [0.15, 0.2) is 29.1 Å². The average molecular weight is 497 g/mol. The molecule has 0 unspecified atom stereocenters. The van der Waals surface area contributed by atoms with Crippen LogP contribution in [0.1, 0.15) is 51.1 Å². The third-order valence-corrected chi connectivity index (χ3v) is 5.45. The molecular weight excluding hydrogens is 475 g/mol. The molecule has 1 fully saturated rings. The average Bonchev–Trinajstić information content (AvgIpc) is 3.59. The number of benzene rings is 1. The maximum absolute atomic E-state index is 13.4. The first-order valence-corrected chi connectivity index (χ1v) is 10.5. The van der Waals surface area contributed by atoms with Crippen LogP contribution in [-0.2, 0) is 17.5 Å². The van der Waals surface area contributed by atoms with Gasteiger partial charge in [-0.2, -0.15) is 13.2 Å². The van der Waals surface area contributed by atoms with Gasteiger partial charge in [-0.05, 0) is 24.0 Å². The van der Waals surface area contributed by atoms with Crippen molar-refractivity contribution in [2.45, 2.75) is 32.0 Å². The Hall–Kier alpha value is -4.03. The van der Waals surface area contributed by atoms with Crippen LogP contribution in [0.5, 0.6) is 11.6 Å². The minimum absolute atomic E-state index is 0.140.